The molecule has 0 aromatic heterocycles. The molecule has 2 nitrogen and oxygen atoms in total. The molecule has 2 N–H and O–H groups in total. The van der Waals surface area contributed by atoms with E-state index >= 15 is 0 Å². The third-order valence-electron chi connectivity index (χ3n) is 2.20. The molecule has 0 saturated heterocycles. The Hall–Kier alpha value is -0.640. The number of benzene rings is 1. The average molecular weight is 231 g/mol. The zero-order chi connectivity index (χ0) is 11.3. The average Bonchev–Trinajstić information content (AvgIpc) is 2.19. The van der Waals surface area contributed by atoms with Crippen molar-refractivity contribution in [3.05, 3.63) is 34.6 Å². The maximum atomic E-state index is 12.8. The van der Waals surface area contributed by atoms with Gasteiger partial charge in [0.25, 0.3) is 0 Å². The Morgan fingerprint density at radius 2 is 2.20 bits per heavy atom. The van der Waals surface area contributed by atoms with Gasteiger partial charge in [-0.05, 0) is 44.3 Å². The van der Waals surface area contributed by atoms with Crippen molar-refractivity contribution in [3.8, 4) is 0 Å². The highest BCUT2D eigenvalue weighted by Crippen LogP contribution is 2.18. The molecule has 0 radical (unpaired) electrons. The SMILES string of the molecule is CN(CCCN)Cc1ccc(F)cc1Cl. The molecule has 0 atom stereocenters. The molecule has 84 valence electrons. The maximum absolute atomic E-state index is 12.8. The first-order valence-corrected chi connectivity index (χ1v) is 5.34. The van der Waals surface area contributed by atoms with Gasteiger partial charge in [-0.25, -0.2) is 4.39 Å². The number of hydrogen-bond acceptors (Lipinski definition) is 2. The van der Waals surface area contributed by atoms with E-state index in [0.717, 1.165) is 25.1 Å². The van der Waals surface area contributed by atoms with Crippen LogP contribution in [0, 0.1) is 5.82 Å². The molecule has 1 rings (SSSR count). The molecule has 0 fully saturated rings. The van der Waals surface area contributed by atoms with Crippen LogP contribution in [0.4, 0.5) is 4.39 Å². The Morgan fingerprint density at radius 3 is 2.80 bits per heavy atom. The molecule has 0 bridgehead atoms. The van der Waals surface area contributed by atoms with Crippen molar-refractivity contribution in [3.63, 3.8) is 0 Å². The molecular weight excluding hydrogens is 215 g/mol. The minimum absolute atomic E-state index is 0.298. The van der Waals surface area contributed by atoms with Crippen LogP contribution in [-0.4, -0.2) is 25.0 Å². The lowest BCUT2D eigenvalue weighted by molar-refractivity contribution is 0.324. The highest BCUT2D eigenvalue weighted by Gasteiger charge is 2.04. The van der Waals surface area contributed by atoms with Gasteiger partial charge in [0.1, 0.15) is 5.82 Å². The summed E-state index contributed by atoms with van der Waals surface area (Å²) in [6.07, 6.45) is 0.954. The maximum Gasteiger partial charge on any atom is 0.124 e. The normalized spacial score (nSPS) is 11.0. The number of nitrogens with two attached hydrogens (primary N) is 1. The number of rotatable bonds is 5. The highest BCUT2D eigenvalue weighted by atomic mass is 35.5. The lowest BCUT2D eigenvalue weighted by atomic mass is 10.2. The predicted octanol–water partition coefficient (Wildman–Crippen LogP) is 2.26. The summed E-state index contributed by atoms with van der Waals surface area (Å²) < 4.78 is 12.8. The van der Waals surface area contributed by atoms with Gasteiger partial charge in [0.2, 0.25) is 0 Å². The Morgan fingerprint density at radius 1 is 1.47 bits per heavy atom. The molecule has 0 aliphatic heterocycles. The summed E-state index contributed by atoms with van der Waals surface area (Å²) in [5, 5.41) is 0.481. The number of hydrogen-bond donors (Lipinski definition) is 1. The molecule has 0 aliphatic rings. The molecule has 0 heterocycles. The van der Waals surface area contributed by atoms with E-state index in [1.165, 1.54) is 12.1 Å². The summed E-state index contributed by atoms with van der Waals surface area (Å²) in [6.45, 7) is 2.32. The van der Waals surface area contributed by atoms with Crippen molar-refractivity contribution < 1.29 is 4.39 Å². The zero-order valence-corrected chi connectivity index (χ0v) is 9.60. The summed E-state index contributed by atoms with van der Waals surface area (Å²) in [5.74, 6) is -0.298. The molecule has 1 aromatic carbocycles. The van der Waals surface area contributed by atoms with Gasteiger partial charge < -0.3 is 10.6 Å². The van der Waals surface area contributed by atoms with Crippen molar-refractivity contribution in [2.45, 2.75) is 13.0 Å². The molecule has 15 heavy (non-hydrogen) atoms. The van der Waals surface area contributed by atoms with Gasteiger partial charge >= 0.3 is 0 Å². The first kappa shape index (κ1) is 12.4. The minimum atomic E-state index is -0.298. The van der Waals surface area contributed by atoms with Gasteiger partial charge in [0, 0.05) is 11.6 Å². The summed E-state index contributed by atoms with van der Waals surface area (Å²) in [4.78, 5) is 2.12. The highest BCUT2D eigenvalue weighted by molar-refractivity contribution is 6.31. The summed E-state index contributed by atoms with van der Waals surface area (Å²) >= 11 is 5.92. The Balaban J connectivity index is 2.56. The van der Waals surface area contributed by atoms with Crippen LogP contribution in [0.2, 0.25) is 5.02 Å². The van der Waals surface area contributed by atoms with Crippen LogP contribution in [0.25, 0.3) is 0 Å². The van der Waals surface area contributed by atoms with E-state index < -0.39 is 0 Å². The van der Waals surface area contributed by atoms with Gasteiger partial charge in [-0.2, -0.15) is 0 Å². The van der Waals surface area contributed by atoms with Crippen molar-refractivity contribution in [2.75, 3.05) is 20.1 Å². The van der Waals surface area contributed by atoms with E-state index in [1.54, 1.807) is 6.07 Å². The standard InChI is InChI=1S/C11H16ClFN2/c1-15(6-2-5-14)8-9-3-4-10(13)7-11(9)12/h3-4,7H,2,5-6,8,14H2,1H3. The second kappa shape index (κ2) is 6.05. The minimum Gasteiger partial charge on any atom is -0.330 e. The van der Waals surface area contributed by atoms with Crippen LogP contribution in [-0.2, 0) is 6.54 Å². The van der Waals surface area contributed by atoms with Crippen LogP contribution >= 0.6 is 11.6 Å². The van der Waals surface area contributed by atoms with Crippen LogP contribution in [0.3, 0.4) is 0 Å². The van der Waals surface area contributed by atoms with Gasteiger partial charge in [-0.15, -0.1) is 0 Å². The fraction of sp³-hybridized carbons (Fsp3) is 0.455. The number of nitrogens with zero attached hydrogens (tertiary/aromatic N) is 1. The van der Waals surface area contributed by atoms with Crippen molar-refractivity contribution in [1.82, 2.24) is 4.90 Å². The zero-order valence-electron chi connectivity index (χ0n) is 8.84. The monoisotopic (exact) mass is 230 g/mol. The smallest absolute Gasteiger partial charge is 0.124 e. The van der Waals surface area contributed by atoms with Crippen LogP contribution in [0.15, 0.2) is 18.2 Å². The summed E-state index contributed by atoms with van der Waals surface area (Å²) in [7, 11) is 2.00. The lowest BCUT2D eigenvalue weighted by Crippen LogP contribution is -2.21. The van der Waals surface area contributed by atoms with Crippen LogP contribution in [0.5, 0.6) is 0 Å². The summed E-state index contributed by atoms with van der Waals surface area (Å²) in [5.41, 5.74) is 6.36. The van der Waals surface area contributed by atoms with E-state index in [2.05, 4.69) is 4.90 Å². The second-order valence-electron chi connectivity index (χ2n) is 3.62. The van der Waals surface area contributed by atoms with Gasteiger partial charge in [-0.3, -0.25) is 0 Å². The predicted molar refractivity (Wildman–Crippen MR) is 61.4 cm³/mol. The largest absolute Gasteiger partial charge is 0.330 e. The van der Waals surface area contributed by atoms with Crippen molar-refractivity contribution in [2.24, 2.45) is 5.73 Å². The molecule has 0 aliphatic carbocycles. The van der Waals surface area contributed by atoms with E-state index in [1.807, 2.05) is 7.05 Å². The topological polar surface area (TPSA) is 29.3 Å². The van der Waals surface area contributed by atoms with E-state index in [-0.39, 0.29) is 5.82 Å². The van der Waals surface area contributed by atoms with E-state index in [0.29, 0.717) is 11.6 Å². The number of halogens is 2. The van der Waals surface area contributed by atoms with Gasteiger partial charge in [0.05, 0.1) is 0 Å². The van der Waals surface area contributed by atoms with Crippen molar-refractivity contribution in [1.29, 1.82) is 0 Å². The Labute approximate surface area is 94.8 Å². The lowest BCUT2D eigenvalue weighted by Gasteiger charge is -2.16. The Kier molecular flexibility index (Phi) is 5.02. The molecular formula is C11H16ClFN2. The van der Waals surface area contributed by atoms with E-state index in [4.69, 9.17) is 17.3 Å². The Bertz CT molecular complexity index is 317. The first-order valence-electron chi connectivity index (χ1n) is 4.96. The first-order chi connectivity index (χ1) is 7.13. The van der Waals surface area contributed by atoms with Gasteiger partial charge in [0.15, 0.2) is 0 Å². The van der Waals surface area contributed by atoms with E-state index in [9.17, 15) is 4.39 Å². The van der Waals surface area contributed by atoms with Crippen LogP contribution in [0.1, 0.15) is 12.0 Å². The third kappa shape index (κ3) is 4.16. The van der Waals surface area contributed by atoms with Crippen LogP contribution < -0.4 is 5.73 Å². The summed E-state index contributed by atoms with van der Waals surface area (Å²) in [6, 6.07) is 4.49. The fourth-order valence-corrected chi connectivity index (χ4v) is 1.61. The second-order valence-corrected chi connectivity index (χ2v) is 4.02. The molecule has 1 aromatic rings. The van der Waals surface area contributed by atoms with Crippen molar-refractivity contribution >= 4 is 11.6 Å². The fourth-order valence-electron chi connectivity index (χ4n) is 1.38. The molecule has 0 saturated carbocycles. The molecule has 4 heteroatoms. The molecule has 0 amide bonds. The quantitative estimate of drug-likeness (QED) is 0.841. The van der Waals surface area contributed by atoms with Gasteiger partial charge in [-0.1, -0.05) is 17.7 Å². The molecule has 0 unspecified atom stereocenters. The third-order valence-corrected chi connectivity index (χ3v) is 2.55. The molecule has 0 spiro atoms.